The zero-order valence-electron chi connectivity index (χ0n) is 75.2. The number of carbonyl (C=O) groups is 1. The van der Waals surface area contributed by atoms with Gasteiger partial charge in [-0.25, -0.2) is 0 Å². The van der Waals surface area contributed by atoms with Crippen LogP contribution in [-0.2, 0) is 33.2 Å². The summed E-state index contributed by atoms with van der Waals surface area (Å²) >= 11 is 0. The molecule has 0 aromatic rings. The Labute approximate surface area is 715 Å². The van der Waals surface area contributed by atoms with E-state index in [4.69, 9.17) is 28.4 Å². The first kappa shape index (κ1) is 109. The predicted octanol–water partition coefficient (Wildman–Crippen LogP) is 20.8. The van der Waals surface area contributed by atoms with Crippen LogP contribution in [0, 0.1) is 0 Å². The number of hydrogen-bond acceptors (Lipinski definition) is 18. The van der Waals surface area contributed by atoms with Crippen molar-refractivity contribution in [3.05, 3.63) is 24.3 Å². The fourth-order valence-corrected chi connectivity index (χ4v) is 17.3. The van der Waals surface area contributed by atoms with Crippen molar-refractivity contribution in [1.82, 2.24) is 5.32 Å². The van der Waals surface area contributed by atoms with Crippen LogP contribution >= 0.6 is 0 Å². The molecule has 117 heavy (non-hydrogen) atoms. The average Bonchev–Trinajstić information content (AvgIpc) is 0.777. The maximum atomic E-state index is 13.5. The van der Waals surface area contributed by atoms with Crippen molar-refractivity contribution in [3.8, 4) is 0 Å². The summed E-state index contributed by atoms with van der Waals surface area (Å²) in [6.45, 7) is 1.81. The Bertz CT molecular complexity index is 2200. The molecule has 0 aromatic heterocycles. The molecule has 0 aliphatic carbocycles. The maximum Gasteiger partial charge on any atom is 0.220 e. The summed E-state index contributed by atoms with van der Waals surface area (Å²) < 4.78 is 34.6. The van der Waals surface area contributed by atoms with Crippen molar-refractivity contribution >= 4 is 5.91 Å². The molecule has 17 unspecified atom stereocenters. The topological polar surface area (TPSA) is 307 Å². The molecule has 17 atom stereocenters. The lowest BCUT2D eigenvalue weighted by Gasteiger charge is -2.48. The molecular formula is C98H187NO18. The molecule has 0 spiro atoms. The van der Waals surface area contributed by atoms with Crippen LogP contribution in [0.3, 0.4) is 0 Å². The second-order valence-electron chi connectivity index (χ2n) is 36.0. The molecule has 19 heteroatoms. The standard InChI is InChI=1S/C98H187NO18/c1-3-5-7-9-11-13-15-17-19-21-23-25-27-29-31-33-35-37-38-39-40-41-42-43-44-46-48-50-52-54-56-58-60-62-64-66-68-70-72-74-76-86(104)99-81(82(103)75-73-71-69-67-65-63-61-59-57-55-53-51-49-47-45-36-34-32-30-28-26-24-22-20-18-16-14-12-10-8-6-4-2)80-112-96-92(110)89(107)94(84(78-101)114-96)117-98-93(111)90(108)95(85(79-102)115-98)116-97-91(109)88(106)87(105)83(77-100)113-97/h65,67,73,75,81-85,87-98,100-103,105-111H,3-64,66,68-72,74,76-80H2,1-2H3,(H,99,104)/b67-65+,75-73+. The highest BCUT2D eigenvalue weighted by molar-refractivity contribution is 5.76. The highest BCUT2D eigenvalue weighted by Crippen LogP contribution is 2.34. The number of rotatable bonds is 84. The lowest BCUT2D eigenvalue weighted by molar-refractivity contribution is -0.379. The van der Waals surface area contributed by atoms with E-state index >= 15 is 0 Å². The van der Waals surface area contributed by atoms with Crippen molar-refractivity contribution in [1.29, 1.82) is 0 Å². The van der Waals surface area contributed by atoms with E-state index in [0.29, 0.717) is 12.8 Å². The van der Waals surface area contributed by atoms with E-state index in [1.165, 1.54) is 392 Å². The van der Waals surface area contributed by atoms with Crippen LogP contribution in [0.5, 0.6) is 0 Å². The highest BCUT2D eigenvalue weighted by Gasteiger charge is 2.54. The Hall–Kier alpha value is -1.73. The van der Waals surface area contributed by atoms with Crippen LogP contribution < -0.4 is 5.32 Å². The normalized spacial score (nSPS) is 24.4. The Morgan fingerprint density at radius 2 is 0.547 bits per heavy atom. The van der Waals surface area contributed by atoms with Crippen molar-refractivity contribution in [2.75, 3.05) is 26.4 Å². The maximum absolute atomic E-state index is 13.5. The van der Waals surface area contributed by atoms with Crippen LogP contribution in [0.2, 0.25) is 0 Å². The van der Waals surface area contributed by atoms with Gasteiger partial charge in [-0.15, -0.1) is 0 Å². The van der Waals surface area contributed by atoms with E-state index < -0.39 is 124 Å². The van der Waals surface area contributed by atoms with Gasteiger partial charge in [0.25, 0.3) is 0 Å². The number of nitrogens with one attached hydrogen (secondary N) is 1. The summed E-state index contributed by atoms with van der Waals surface area (Å²) in [5.74, 6) is -0.274. The van der Waals surface area contributed by atoms with Gasteiger partial charge < -0.3 is 89.9 Å². The smallest absolute Gasteiger partial charge is 0.220 e. The average molecular weight is 1670 g/mol. The molecule has 3 saturated heterocycles. The molecule has 0 aromatic carbocycles. The summed E-state index contributed by atoms with van der Waals surface area (Å²) in [5.41, 5.74) is 0. The molecule has 3 rings (SSSR count). The number of allylic oxidation sites excluding steroid dienone is 3. The van der Waals surface area contributed by atoms with Gasteiger partial charge in [0.15, 0.2) is 18.9 Å². The van der Waals surface area contributed by atoms with Gasteiger partial charge in [-0.3, -0.25) is 4.79 Å². The molecule has 3 aliphatic rings. The van der Waals surface area contributed by atoms with Crippen LogP contribution in [0.15, 0.2) is 24.3 Å². The molecule has 0 radical (unpaired) electrons. The number of carbonyl (C=O) groups excluding carboxylic acids is 1. The number of hydrogen-bond donors (Lipinski definition) is 12. The number of amides is 1. The van der Waals surface area contributed by atoms with Gasteiger partial charge in [-0.1, -0.05) is 449 Å². The van der Waals surface area contributed by atoms with Crippen LogP contribution in [0.1, 0.15) is 463 Å². The minimum atomic E-state index is -1.98. The van der Waals surface area contributed by atoms with E-state index in [1.807, 2.05) is 6.08 Å². The zero-order chi connectivity index (χ0) is 84.5. The molecule has 692 valence electrons. The first-order valence-corrected chi connectivity index (χ1v) is 50.1. The van der Waals surface area contributed by atoms with Crippen LogP contribution in [0.25, 0.3) is 0 Å². The Balaban J connectivity index is 1.28. The van der Waals surface area contributed by atoms with Gasteiger partial charge in [0, 0.05) is 6.42 Å². The lowest BCUT2D eigenvalue weighted by atomic mass is 9.96. The number of aliphatic hydroxyl groups is 11. The summed E-state index contributed by atoms with van der Waals surface area (Å²) in [5, 5.41) is 121. The van der Waals surface area contributed by atoms with Crippen LogP contribution in [0.4, 0.5) is 0 Å². The number of unbranched alkanes of at least 4 members (excludes halogenated alkanes) is 66. The van der Waals surface area contributed by atoms with E-state index in [-0.39, 0.29) is 18.9 Å². The lowest BCUT2D eigenvalue weighted by Crippen LogP contribution is -2.66. The third-order valence-electron chi connectivity index (χ3n) is 25.3. The van der Waals surface area contributed by atoms with E-state index in [0.717, 1.165) is 38.5 Å². The third kappa shape index (κ3) is 55.4. The van der Waals surface area contributed by atoms with Crippen molar-refractivity contribution in [2.24, 2.45) is 0 Å². The molecule has 3 heterocycles. The second-order valence-corrected chi connectivity index (χ2v) is 36.0. The first-order chi connectivity index (χ1) is 57.3. The van der Waals surface area contributed by atoms with Crippen molar-refractivity contribution in [3.63, 3.8) is 0 Å². The van der Waals surface area contributed by atoms with Gasteiger partial charge in [-0.05, 0) is 32.1 Å². The summed E-state index contributed by atoms with van der Waals surface area (Å²) in [6, 6.07) is -0.990. The minimum Gasteiger partial charge on any atom is -0.394 e. The van der Waals surface area contributed by atoms with Crippen molar-refractivity contribution in [2.45, 2.75) is 568 Å². The van der Waals surface area contributed by atoms with E-state index in [9.17, 15) is 61.0 Å². The Morgan fingerprint density at radius 1 is 0.299 bits per heavy atom. The molecule has 0 bridgehead atoms. The monoisotopic (exact) mass is 1670 g/mol. The van der Waals surface area contributed by atoms with Gasteiger partial charge in [0.05, 0.1) is 38.6 Å². The number of ether oxygens (including phenoxy) is 6. The Kier molecular flexibility index (Phi) is 72.8. The van der Waals surface area contributed by atoms with Crippen LogP contribution in [-0.4, -0.2) is 193 Å². The first-order valence-electron chi connectivity index (χ1n) is 50.1. The summed E-state index contributed by atoms with van der Waals surface area (Å²) in [7, 11) is 0. The molecule has 12 N–H and O–H groups in total. The molecule has 3 aliphatic heterocycles. The fourth-order valence-electron chi connectivity index (χ4n) is 17.3. The quantitative estimate of drug-likeness (QED) is 0.0199. The van der Waals surface area contributed by atoms with Gasteiger partial charge in [0.1, 0.15) is 73.2 Å². The van der Waals surface area contributed by atoms with E-state index in [1.54, 1.807) is 6.08 Å². The van der Waals surface area contributed by atoms with Gasteiger partial charge in [0.2, 0.25) is 5.91 Å². The fraction of sp³-hybridized carbons (Fsp3) is 0.949. The molecular weight excluding hydrogens is 1480 g/mol. The van der Waals surface area contributed by atoms with Gasteiger partial charge in [-0.2, -0.15) is 0 Å². The Morgan fingerprint density at radius 3 is 0.855 bits per heavy atom. The SMILES string of the molecule is CCCCCCCCCCCCCCCCCCCCCCCCCCCC/C=C/CC/C=C/C(O)C(COC1OC(CO)C(OC2OC(CO)C(OC3OC(CO)C(O)C(O)C3O)C(O)C2O)C(O)C1O)NC(=O)CCCCCCCCCCCCCCCCCCCCCCCCCCCCCCCCCCCCCCCCCC. The van der Waals surface area contributed by atoms with E-state index in [2.05, 4.69) is 31.3 Å². The summed E-state index contributed by atoms with van der Waals surface area (Å²) in [4.78, 5) is 13.5. The highest BCUT2D eigenvalue weighted by atomic mass is 16.8. The second kappa shape index (κ2) is 77.8. The van der Waals surface area contributed by atoms with Gasteiger partial charge >= 0.3 is 0 Å². The summed E-state index contributed by atoms with van der Waals surface area (Å²) in [6.07, 6.45) is 73.8. The zero-order valence-corrected chi connectivity index (χ0v) is 75.2. The largest absolute Gasteiger partial charge is 0.394 e. The third-order valence-corrected chi connectivity index (χ3v) is 25.3. The number of aliphatic hydroxyl groups excluding tert-OH is 11. The van der Waals surface area contributed by atoms with Crippen molar-refractivity contribution < 1.29 is 89.4 Å². The molecule has 19 nitrogen and oxygen atoms in total. The molecule has 0 saturated carbocycles. The molecule has 3 fully saturated rings. The molecule has 1 amide bonds. The minimum absolute atomic E-state index is 0.242. The predicted molar refractivity (Wildman–Crippen MR) is 476 cm³/mol.